The summed E-state index contributed by atoms with van der Waals surface area (Å²) in [5.74, 6) is 0.389. The van der Waals surface area contributed by atoms with E-state index in [0.29, 0.717) is 12.4 Å². The Bertz CT molecular complexity index is 318. The molecular weight excluding hydrogens is 193 g/mol. The number of rotatable bonds is 2. The lowest BCUT2D eigenvalue weighted by Crippen LogP contribution is -2.05. The van der Waals surface area contributed by atoms with Crippen molar-refractivity contribution in [2.45, 2.75) is 13.1 Å². The fourth-order valence-corrected chi connectivity index (χ4v) is 1.05. The van der Waals surface area contributed by atoms with Gasteiger partial charge < -0.3 is 4.74 Å². The summed E-state index contributed by atoms with van der Waals surface area (Å²) in [6, 6.07) is 3.25. The highest BCUT2D eigenvalue weighted by Gasteiger charge is 2.30. The Morgan fingerprint density at radius 1 is 1.36 bits per heavy atom. The first kappa shape index (κ1) is 10.9. The molecule has 1 rings (SSSR count). The second-order valence-electron chi connectivity index (χ2n) is 2.75. The van der Waals surface area contributed by atoms with Crippen molar-refractivity contribution in [1.29, 1.82) is 0 Å². The largest absolute Gasteiger partial charge is 0.494 e. The maximum Gasteiger partial charge on any atom is 0.416 e. The quantitative estimate of drug-likeness (QED) is 0.716. The average Bonchev–Trinajstić information content (AvgIpc) is 2.07. The van der Waals surface area contributed by atoms with E-state index in [0.717, 1.165) is 12.1 Å². The van der Waals surface area contributed by atoms with Crippen molar-refractivity contribution in [1.82, 2.24) is 0 Å². The topological polar surface area (TPSA) is 9.23 Å². The molecule has 0 aliphatic heterocycles. The monoisotopic (exact) mass is 203 g/mol. The van der Waals surface area contributed by atoms with Crippen LogP contribution >= 0.6 is 0 Å². The molecule has 0 heterocycles. The molecule has 0 aliphatic rings. The second kappa shape index (κ2) is 3.90. The van der Waals surface area contributed by atoms with Crippen LogP contribution in [0.3, 0.4) is 0 Å². The van der Waals surface area contributed by atoms with Crippen molar-refractivity contribution in [2.75, 3.05) is 6.61 Å². The highest BCUT2D eigenvalue weighted by molar-refractivity contribution is 5.40. The number of ether oxygens (including phenoxy) is 1. The lowest BCUT2D eigenvalue weighted by atomic mass is 10.1. The van der Waals surface area contributed by atoms with Gasteiger partial charge in [-0.1, -0.05) is 0 Å². The maximum absolute atomic E-state index is 12.2. The number of hydrogen-bond acceptors (Lipinski definition) is 1. The summed E-state index contributed by atoms with van der Waals surface area (Å²) in [5.41, 5.74) is -0.451. The van der Waals surface area contributed by atoms with E-state index in [1.54, 1.807) is 6.92 Å². The fraction of sp³-hybridized carbons (Fsp3) is 0.300. The minimum absolute atomic E-state index is 0.252. The Kier molecular flexibility index (Phi) is 3.03. The Labute approximate surface area is 80.5 Å². The Balaban J connectivity index is 3.01. The molecule has 0 unspecified atom stereocenters. The normalized spacial score (nSPS) is 11.5. The summed E-state index contributed by atoms with van der Waals surface area (Å²) < 4.78 is 41.7. The molecule has 0 fully saturated rings. The molecule has 0 spiro atoms. The van der Waals surface area contributed by atoms with Gasteiger partial charge in [-0.3, -0.25) is 0 Å². The molecule has 0 aromatic heterocycles. The van der Waals surface area contributed by atoms with E-state index in [9.17, 15) is 13.2 Å². The smallest absolute Gasteiger partial charge is 0.416 e. The van der Waals surface area contributed by atoms with Crippen LogP contribution in [0.1, 0.15) is 18.1 Å². The zero-order valence-corrected chi connectivity index (χ0v) is 7.69. The number of halogens is 3. The first-order valence-corrected chi connectivity index (χ1v) is 4.11. The molecule has 0 atom stereocenters. The zero-order chi connectivity index (χ0) is 10.8. The van der Waals surface area contributed by atoms with Gasteiger partial charge in [0.1, 0.15) is 5.75 Å². The average molecular weight is 203 g/mol. The molecule has 0 bridgehead atoms. The van der Waals surface area contributed by atoms with Gasteiger partial charge in [-0.25, -0.2) is 0 Å². The third-order valence-corrected chi connectivity index (χ3v) is 1.69. The summed E-state index contributed by atoms with van der Waals surface area (Å²) in [7, 11) is 0. The van der Waals surface area contributed by atoms with Gasteiger partial charge in [-0.2, -0.15) is 13.2 Å². The molecule has 1 aromatic rings. The fourth-order valence-electron chi connectivity index (χ4n) is 1.05. The van der Waals surface area contributed by atoms with E-state index in [-0.39, 0.29) is 5.56 Å². The Morgan fingerprint density at radius 3 is 2.43 bits per heavy atom. The van der Waals surface area contributed by atoms with Gasteiger partial charge in [0.2, 0.25) is 0 Å². The summed E-state index contributed by atoms with van der Waals surface area (Å²) in [5, 5.41) is 0. The van der Waals surface area contributed by atoms with Gasteiger partial charge in [0, 0.05) is 0 Å². The number of benzene rings is 1. The van der Waals surface area contributed by atoms with Crippen LogP contribution in [0.25, 0.3) is 0 Å². The summed E-state index contributed by atoms with van der Waals surface area (Å²) in [6.45, 7) is 5.66. The number of alkyl halides is 3. The van der Waals surface area contributed by atoms with E-state index < -0.39 is 11.7 Å². The third-order valence-electron chi connectivity index (χ3n) is 1.69. The van der Waals surface area contributed by atoms with Crippen molar-refractivity contribution in [3.05, 3.63) is 36.2 Å². The second-order valence-corrected chi connectivity index (χ2v) is 2.75. The molecule has 1 radical (unpaired) electrons. The van der Waals surface area contributed by atoms with Crippen molar-refractivity contribution < 1.29 is 17.9 Å². The third kappa shape index (κ3) is 2.40. The maximum atomic E-state index is 12.2. The van der Waals surface area contributed by atoms with Crippen LogP contribution in [0, 0.1) is 6.92 Å². The SMILES string of the molecule is [CH2]c1cc(C(F)(F)F)ccc1OCC. The van der Waals surface area contributed by atoms with Crippen LogP contribution in [0.15, 0.2) is 18.2 Å². The zero-order valence-electron chi connectivity index (χ0n) is 7.69. The molecule has 1 aromatic carbocycles. The van der Waals surface area contributed by atoms with E-state index in [2.05, 4.69) is 6.92 Å². The highest BCUT2D eigenvalue weighted by atomic mass is 19.4. The highest BCUT2D eigenvalue weighted by Crippen LogP contribution is 2.32. The molecule has 1 nitrogen and oxygen atoms in total. The number of hydrogen-bond donors (Lipinski definition) is 0. The van der Waals surface area contributed by atoms with Crippen LogP contribution in [0.2, 0.25) is 0 Å². The molecule has 0 saturated carbocycles. The van der Waals surface area contributed by atoms with Gasteiger partial charge >= 0.3 is 6.18 Å². The molecule has 14 heavy (non-hydrogen) atoms. The van der Waals surface area contributed by atoms with Crippen LogP contribution in [0.4, 0.5) is 13.2 Å². The minimum atomic E-state index is -4.32. The minimum Gasteiger partial charge on any atom is -0.494 e. The van der Waals surface area contributed by atoms with Crippen LogP contribution in [0.5, 0.6) is 5.75 Å². The van der Waals surface area contributed by atoms with Gasteiger partial charge in [-0.15, -0.1) is 0 Å². The van der Waals surface area contributed by atoms with Gasteiger partial charge in [0.15, 0.2) is 0 Å². The lowest BCUT2D eigenvalue weighted by molar-refractivity contribution is -0.137. The molecule has 77 valence electrons. The van der Waals surface area contributed by atoms with Crippen molar-refractivity contribution >= 4 is 0 Å². The van der Waals surface area contributed by atoms with E-state index in [1.807, 2.05) is 0 Å². The van der Waals surface area contributed by atoms with Gasteiger partial charge in [0.25, 0.3) is 0 Å². The van der Waals surface area contributed by atoms with Crippen molar-refractivity contribution in [3.63, 3.8) is 0 Å². The summed E-state index contributed by atoms with van der Waals surface area (Å²) in [4.78, 5) is 0. The molecule has 4 heteroatoms. The Hall–Kier alpha value is -1.19. The van der Waals surface area contributed by atoms with E-state index in [1.165, 1.54) is 6.07 Å². The summed E-state index contributed by atoms with van der Waals surface area (Å²) >= 11 is 0. The van der Waals surface area contributed by atoms with Crippen molar-refractivity contribution in [2.24, 2.45) is 0 Å². The van der Waals surface area contributed by atoms with Gasteiger partial charge in [-0.05, 0) is 37.6 Å². The predicted octanol–water partition coefficient (Wildman–Crippen LogP) is 3.29. The molecule has 0 aliphatic carbocycles. The van der Waals surface area contributed by atoms with Crippen LogP contribution in [-0.4, -0.2) is 6.61 Å². The van der Waals surface area contributed by atoms with Gasteiger partial charge in [0.05, 0.1) is 12.2 Å². The van der Waals surface area contributed by atoms with E-state index in [4.69, 9.17) is 4.74 Å². The van der Waals surface area contributed by atoms with Crippen LogP contribution < -0.4 is 4.74 Å². The standard InChI is InChI=1S/C10H10F3O/c1-3-14-9-5-4-8(6-7(9)2)10(11,12)13/h4-6H,2-3H2,1H3. The first-order chi connectivity index (χ1) is 6.45. The molecule has 0 amide bonds. The molecular formula is C10H10F3O. The molecule has 0 saturated heterocycles. The summed E-state index contributed by atoms with van der Waals surface area (Å²) in [6.07, 6.45) is -4.32. The lowest BCUT2D eigenvalue weighted by Gasteiger charge is -2.10. The predicted molar refractivity (Wildman–Crippen MR) is 47.1 cm³/mol. The first-order valence-electron chi connectivity index (χ1n) is 4.11. The Morgan fingerprint density at radius 2 is 2.00 bits per heavy atom. The van der Waals surface area contributed by atoms with E-state index >= 15 is 0 Å². The molecule has 0 N–H and O–H groups in total. The van der Waals surface area contributed by atoms with Crippen LogP contribution in [-0.2, 0) is 6.18 Å². The van der Waals surface area contributed by atoms with Crippen molar-refractivity contribution in [3.8, 4) is 5.75 Å².